The zero-order valence-electron chi connectivity index (χ0n) is 33.4. The van der Waals surface area contributed by atoms with Crippen LogP contribution in [0.1, 0.15) is 79.6 Å². The number of carbonyl (C=O) groups is 6. The average Bonchev–Trinajstić information content (AvgIpc) is 3.07. The zero-order valence-corrected chi connectivity index (χ0v) is 34.3. The topological polar surface area (TPSA) is 390 Å². The molecule has 22 nitrogen and oxygen atoms in total. The maximum absolute atomic E-state index is 13.6. The molecular formula is C33H66N13O9P. The van der Waals surface area contributed by atoms with E-state index in [-0.39, 0.29) is 68.9 Å². The van der Waals surface area contributed by atoms with Crippen LogP contribution in [-0.4, -0.2) is 121 Å². The van der Waals surface area contributed by atoms with Gasteiger partial charge in [0, 0.05) is 19.8 Å². The first kappa shape index (κ1) is 51.6. The molecule has 5 amide bonds. The van der Waals surface area contributed by atoms with Gasteiger partial charge in [-0.15, -0.1) is 0 Å². The van der Waals surface area contributed by atoms with Crippen LogP contribution in [0.25, 0.3) is 0 Å². The summed E-state index contributed by atoms with van der Waals surface area (Å²) in [5.74, 6) is -4.30. The maximum atomic E-state index is 13.6. The number of rotatable bonds is 28. The zero-order chi connectivity index (χ0) is 43.2. The minimum atomic E-state index is -3.93. The van der Waals surface area contributed by atoms with Crippen molar-refractivity contribution in [3.63, 3.8) is 0 Å². The maximum Gasteiger partial charge on any atom is 0.325 e. The van der Waals surface area contributed by atoms with Crippen LogP contribution in [0.15, 0.2) is 9.98 Å². The van der Waals surface area contributed by atoms with Gasteiger partial charge < -0.3 is 70.4 Å². The number of aliphatic imine (C=N–C) groups is 2. The van der Waals surface area contributed by atoms with Crippen LogP contribution >= 0.6 is 7.60 Å². The van der Waals surface area contributed by atoms with Gasteiger partial charge >= 0.3 is 7.60 Å². The fourth-order valence-electron chi connectivity index (χ4n) is 5.08. The quantitative estimate of drug-likeness (QED) is 0.0159. The van der Waals surface area contributed by atoms with Gasteiger partial charge in [0.2, 0.25) is 29.5 Å². The van der Waals surface area contributed by atoms with Crippen LogP contribution in [0.2, 0.25) is 0 Å². The van der Waals surface area contributed by atoms with Gasteiger partial charge in [-0.2, -0.15) is 0 Å². The molecule has 0 rings (SSSR count). The number of nitrogens with one attached hydrogen (secondary N) is 5. The molecule has 0 aromatic heterocycles. The van der Waals surface area contributed by atoms with Crippen molar-refractivity contribution in [2.24, 2.45) is 56.2 Å². The number of Topliss-reactive ketones (excluding diaryl/α,β-unsaturated/α-hetero) is 1. The largest absolute Gasteiger partial charge is 0.370 e. The van der Waals surface area contributed by atoms with E-state index in [0.717, 1.165) is 6.66 Å². The van der Waals surface area contributed by atoms with Gasteiger partial charge in [-0.3, -0.25) is 43.3 Å². The van der Waals surface area contributed by atoms with Crippen molar-refractivity contribution >= 4 is 54.8 Å². The first-order valence-corrected chi connectivity index (χ1v) is 20.5. The lowest BCUT2D eigenvalue weighted by Gasteiger charge is -2.26. The molecule has 0 saturated carbocycles. The first-order chi connectivity index (χ1) is 25.9. The molecule has 0 aromatic rings. The van der Waals surface area contributed by atoms with E-state index in [1.807, 2.05) is 27.7 Å². The third-order valence-corrected chi connectivity index (χ3v) is 8.57. The Hall–Kier alpha value is -4.37. The Morgan fingerprint density at radius 3 is 1.52 bits per heavy atom. The molecule has 0 bridgehead atoms. The highest BCUT2D eigenvalue weighted by molar-refractivity contribution is 7.51. The van der Waals surface area contributed by atoms with Gasteiger partial charge in [0.25, 0.3) is 0 Å². The molecule has 0 saturated heterocycles. The molecule has 18 N–H and O–H groups in total. The molecule has 0 aliphatic rings. The van der Waals surface area contributed by atoms with Crippen LogP contribution in [0.4, 0.5) is 0 Å². The third-order valence-electron chi connectivity index (χ3n) is 7.91. The fraction of sp³-hybridized carbons (Fsp3) is 0.758. The Morgan fingerprint density at radius 2 is 1.07 bits per heavy atom. The fourth-order valence-corrected chi connectivity index (χ4v) is 5.53. The summed E-state index contributed by atoms with van der Waals surface area (Å²) >= 11 is 0. The number of hydrogen-bond acceptors (Lipinski definition) is 12. The van der Waals surface area contributed by atoms with Crippen molar-refractivity contribution < 1.29 is 42.7 Å². The van der Waals surface area contributed by atoms with Crippen LogP contribution in [-0.2, 0) is 37.9 Å². The molecule has 0 aromatic carbocycles. The van der Waals surface area contributed by atoms with Gasteiger partial charge in [0.15, 0.2) is 17.7 Å². The standard InChI is InChI=1S/C33H66N13O9P/c1-18(2)15-21(34)28(49)42-17-26(47)23(11-14-55-56(6,53)54)44-27(48)20(5)43-30(51)24(9-7-12-40-32(36)37)46-31(52)25(10-8-13-41-33(38)39)45-29(50)22(35)16-19(3)4/h18-25H,7-17,34-35H2,1-6H3,(H,42,49)(H,43,51)(H,44,48)(H,45,50)(H,46,52)(H,53,54)(H4,36,37,40)(H4,38,39,41)/t20-,21-,22-,23?,24-,25-/m0/s1. The summed E-state index contributed by atoms with van der Waals surface area (Å²) < 4.78 is 16.6. The summed E-state index contributed by atoms with van der Waals surface area (Å²) in [4.78, 5) is 96.3. The first-order valence-electron chi connectivity index (χ1n) is 18.5. The second-order valence-corrected chi connectivity index (χ2v) is 16.3. The van der Waals surface area contributed by atoms with Crippen LogP contribution in [0, 0.1) is 11.8 Å². The molecule has 7 atom stereocenters. The van der Waals surface area contributed by atoms with E-state index in [1.54, 1.807) is 0 Å². The van der Waals surface area contributed by atoms with Gasteiger partial charge in [0.05, 0.1) is 31.3 Å². The molecule has 0 heterocycles. The number of nitrogens with zero attached hydrogens (tertiary/aromatic N) is 2. The second-order valence-electron chi connectivity index (χ2n) is 14.4. The monoisotopic (exact) mass is 819 g/mol. The Kier molecular flexibility index (Phi) is 24.4. The van der Waals surface area contributed by atoms with E-state index in [9.17, 15) is 38.2 Å². The number of nitrogens with two attached hydrogens (primary N) is 6. The highest BCUT2D eigenvalue weighted by Gasteiger charge is 2.31. The molecule has 23 heteroatoms. The molecule has 0 aliphatic carbocycles. The molecule has 0 aliphatic heterocycles. The van der Waals surface area contributed by atoms with Crippen molar-refractivity contribution in [1.82, 2.24) is 26.6 Å². The Morgan fingerprint density at radius 1 is 0.643 bits per heavy atom. The number of carbonyl (C=O) groups excluding carboxylic acids is 6. The van der Waals surface area contributed by atoms with Gasteiger partial charge in [-0.25, -0.2) is 0 Å². The lowest BCUT2D eigenvalue weighted by atomic mass is 10.0. The predicted molar refractivity (Wildman–Crippen MR) is 212 cm³/mol. The summed E-state index contributed by atoms with van der Waals surface area (Å²) in [6.07, 6.45) is 1.04. The van der Waals surface area contributed by atoms with Crippen LogP contribution < -0.4 is 61.0 Å². The molecular weight excluding hydrogens is 753 g/mol. The van der Waals surface area contributed by atoms with Gasteiger partial charge in [-0.05, 0) is 63.7 Å². The Labute approximate surface area is 328 Å². The minimum Gasteiger partial charge on any atom is -0.370 e. The number of hydrogen-bond donors (Lipinski definition) is 12. The molecule has 322 valence electrons. The van der Waals surface area contributed by atoms with E-state index < -0.39 is 92.3 Å². The molecule has 2 unspecified atom stereocenters. The van der Waals surface area contributed by atoms with Crippen LogP contribution in [0.3, 0.4) is 0 Å². The number of ketones is 1. The van der Waals surface area contributed by atoms with Crippen molar-refractivity contribution in [3.8, 4) is 0 Å². The third kappa shape index (κ3) is 24.2. The van der Waals surface area contributed by atoms with E-state index in [0.29, 0.717) is 12.8 Å². The van der Waals surface area contributed by atoms with Crippen molar-refractivity contribution in [1.29, 1.82) is 0 Å². The summed E-state index contributed by atoms with van der Waals surface area (Å²) in [7, 11) is -3.93. The number of amides is 5. The molecule has 56 heavy (non-hydrogen) atoms. The minimum absolute atomic E-state index is 0.000446. The SMILES string of the molecule is CC(C)C[C@H](N)C(=O)NCC(=O)C(CCOP(C)(=O)O)NC(=O)[C@H](C)NC(=O)[C@H](CCCN=C(N)N)NC(=O)[C@H](CCCN=C(N)N)NC(=O)[C@@H](N)CC(C)C. The van der Waals surface area contributed by atoms with Crippen LogP contribution in [0.5, 0.6) is 0 Å². The van der Waals surface area contributed by atoms with E-state index in [2.05, 4.69) is 36.6 Å². The lowest BCUT2D eigenvalue weighted by Crippen LogP contribution is -2.58. The number of guanidine groups is 2. The Bertz CT molecular complexity index is 1400. The smallest absolute Gasteiger partial charge is 0.325 e. The van der Waals surface area contributed by atoms with E-state index >= 15 is 0 Å². The average molecular weight is 820 g/mol. The summed E-state index contributed by atoms with van der Waals surface area (Å²) in [5.41, 5.74) is 33.6. The summed E-state index contributed by atoms with van der Waals surface area (Å²) in [5, 5.41) is 12.7. The van der Waals surface area contributed by atoms with Gasteiger partial charge in [0.1, 0.15) is 18.1 Å². The van der Waals surface area contributed by atoms with Crippen molar-refractivity contribution in [3.05, 3.63) is 0 Å². The molecule has 0 fully saturated rings. The summed E-state index contributed by atoms with van der Waals surface area (Å²) in [6, 6.07) is -6.78. The van der Waals surface area contributed by atoms with E-state index in [4.69, 9.17) is 38.9 Å². The normalized spacial score (nSPS) is 15.5. The summed E-state index contributed by atoms with van der Waals surface area (Å²) in [6.45, 7) is 9.14. The highest BCUT2D eigenvalue weighted by atomic mass is 31.2. The second kappa shape index (κ2) is 26.5. The molecule has 0 radical (unpaired) electrons. The van der Waals surface area contributed by atoms with Gasteiger partial charge in [-0.1, -0.05) is 27.7 Å². The van der Waals surface area contributed by atoms with Crippen molar-refractivity contribution in [2.45, 2.75) is 116 Å². The lowest BCUT2D eigenvalue weighted by molar-refractivity contribution is -0.134. The highest BCUT2D eigenvalue weighted by Crippen LogP contribution is 2.36. The predicted octanol–water partition coefficient (Wildman–Crippen LogP) is -3.29. The van der Waals surface area contributed by atoms with E-state index in [1.165, 1.54) is 6.92 Å². The van der Waals surface area contributed by atoms with Crippen molar-refractivity contribution in [2.75, 3.05) is 32.9 Å². The molecule has 0 spiro atoms. The Balaban J connectivity index is 6.08.